The van der Waals surface area contributed by atoms with Crippen molar-refractivity contribution in [1.29, 1.82) is 0 Å². The maximum absolute atomic E-state index is 12.3. The van der Waals surface area contributed by atoms with E-state index in [1.54, 1.807) is 32.0 Å². The summed E-state index contributed by atoms with van der Waals surface area (Å²) in [6.07, 6.45) is 0. The van der Waals surface area contributed by atoms with Crippen LogP contribution in [0.25, 0.3) is 66.9 Å². The van der Waals surface area contributed by atoms with Crippen molar-refractivity contribution >= 4 is 32.9 Å². The van der Waals surface area contributed by atoms with Gasteiger partial charge in [0.1, 0.15) is 56.7 Å². The van der Waals surface area contributed by atoms with Crippen LogP contribution in [-0.2, 0) is 0 Å². The Hall–Kier alpha value is -8.85. The van der Waals surface area contributed by atoms with E-state index in [4.69, 9.17) is 13.3 Å². The van der Waals surface area contributed by atoms with E-state index in [1.165, 1.54) is 84.9 Å². The molecule has 6 aromatic carbocycles. The standard InChI is InChI=1S/C16H12O6.C16H12O5.C16H12O4.CH4/c1-7-4-9(17)6-12-13(7)14(20)15(21)16(22-12)8-2-3-10(18)11(19)5-8;1-8-4-10(17)6-15-16(8)13(20)7-14(21-15)9-2-3-11(18)12(19)5-9;1-9-6-12(18)16-13(19)8-14(20-15(16)7-9)10-2-4-11(17)5-3-10;/h2-6,17-19,21H,1H3;2-7,17-19H,1H3;2-8,17-18H,1H3;1H4. The molecule has 326 valence electrons. The summed E-state index contributed by atoms with van der Waals surface area (Å²) in [4.78, 5) is 36.6. The van der Waals surface area contributed by atoms with Gasteiger partial charge in [-0.1, -0.05) is 7.43 Å². The number of aromatic hydroxyl groups is 9. The fourth-order valence-corrected chi connectivity index (χ4v) is 6.81. The van der Waals surface area contributed by atoms with Crippen molar-refractivity contribution in [3.05, 3.63) is 157 Å². The molecule has 0 aliphatic rings. The second kappa shape index (κ2) is 17.6. The molecule has 3 aromatic heterocycles. The SMILES string of the molecule is C.Cc1cc(O)c2c(=O)cc(-c3ccc(O)cc3)oc2c1.Cc1cc(O)cc2oc(-c3ccc(O)c(O)c3)c(O)c(=O)c12.Cc1cc(O)cc2oc(-c3ccc(O)c(O)c3)cc(=O)c12. The Morgan fingerprint density at radius 2 is 0.859 bits per heavy atom. The Kier molecular flexibility index (Phi) is 12.3. The Morgan fingerprint density at radius 1 is 0.391 bits per heavy atom. The Morgan fingerprint density at radius 3 is 1.44 bits per heavy atom. The molecule has 0 bridgehead atoms. The lowest BCUT2D eigenvalue weighted by Gasteiger charge is -2.08. The quantitative estimate of drug-likeness (QED) is 0.0748. The van der Waals surface area contributed by atoms with Gasteiger partial charge < -0.3 is 59.2 Å². The first-order valence-corrected chi connectivity index (χ1v) is 18.8. The smallest absolute Gasteiger partial charge is 0.235 e. The molecular formula is C49H40O15. The lowest BCUT2D eigenvalue weighted by molar-refractivity contribution is 0.403. The highest BCUT2D eigenvalue weighted by molar-refractivity contribution is 5.87. The molecule has 0 saturated carbocycles. The van der Waals surface area contributed by atoms with E-state index < -0.39 is 16.9 Å². The topological polar surface area (TPSA) is 273 Å². The first kappa shape index (κ1) is 44.7. The average Bonchev–Trinajstić information content (AvgIpc) is 3.21. The predicted octanol–water partition coefficient (Wildman–Crippen LogP) is 9.29. The maximum Gasteiger partial charge on any atom is 0.235 e. The molecule has 0 saturated heterocycles. The van der Waals surface area contributed by atoms with Crippen molar-refractivity contribution < 1.29 is 59.2 Å². The van der Waals surface area contributed by atoms with Crippen molar-refractivity contribution in [2.45, 2.75) is 28.2 Å². The third-order valence-corrected chi connectivity index (χ3v) is 9.77. The van der Waals surface area contributed by atoms with Gasteiger partial charge in [-0.2, -0.15) is 0 Å². The minimum absolute atomic E-state index is 0. The van der Waals surface area contributed by atoms with E-state index in [9.17, 15) is 60.3 Å². The first-order chi connectivity index (χ1) is 29.9. The molecule has 0 aliphatic heterocycles. The minimum atomic E-state index is -0.638. The normalized spacial score (nSPS) is 10.7. The van der Waals surface area contributed by atoms with E-state index in [1.807, 2.05) is 6.92 Å². The van der Waals surface area contributed by atoms with Gasteiger partial charge in [-0.25, -0.2) is 0 Å². The van der Waals surface area contributed by atoms with Crippen LogP contribution in [0.2, 0.25) is 0 Å². The van der Waals surface area contributed by atoms with E-state index >= 15 is 0 Å². The maximum atomic E-state index is 12.3. The number of phenolic OH excluding ortho intramolecular Hbond substituents is 8. The Labute approximate surface area is 361 Å². The second-order valence-electron chi connectivity index (χ2n) is 14.4. The van der Waals surface area contributed by atoms with Gasteiger partial charge in [0.05, 0.1) is 10.8 Å². The van der Waals surface area contributed by atoms with Crippen LogP contribution in [0.1, 0.15) is 24.1 Å². The fourth-order valence-electron chi connectivity index (χ4n) is 6.81. The molecule has 0 amide bonds. The molecule has 9 rings (SSSR count). The largest absolute Gasteiger partial charge is 0.508 e. The molecular weight excluding hydrogens is 829 g/mol. The monoisotopic (exact) mass is 868 g/mol. The number of hydrogen-bond acceptors (Lipinski definition) is 15. The van der Waals surface area contributed by atoms with Gasteiger partial charge in [-0.15, -0.1) is 0 Å². The van der Waals surface area contributed by atoms with Gasteiger partial charge in [0.15, 0.2) is 39.6 Å². The molecule has 9 N–H and O–H groups in total. The van der Waals surface area contributed by atoms with Crippen LogP contribution >= 0.6 is 0 Å². The van der Waals surface area contributed by atoms with E-state index in [0.717, 1.165) is 11.6 Å². The summed E-state index contributed by atoms with van der Waals surface area (Å²) >= 11 is 0. The highest BCUT2D eigenvalue weighted by Crippen LogP contribution is 2.37. The summed E-state index contributed by atoms with van der Waals surface area (Å²) in [5.41, 5.74) is 2.80. The van der Waals surface area contributed by atoms with E-state index in [2.05, 4.69) is 0 Å². The van der Waals surface area contributed by atoms with Crippen LogP contribution < -0.4 is 16.3 Å². The van der Waals surface area contributed by atoms with Gasteiger partial charge in [0.25, 0.3) is 0 Å². The van der Waals surface area contributed by atoms with E-state index in [0.29, 0.717) is 39.0 Å². The van der Waals surface area contributed by atoms with Crippen LogP contribution in [-0.4, -0.2) is 46.0 Å². The van der Waals surface area contributed by atoms with Gasteiger partial charge in [-0.3, -0.25) is 14.4 Å². The van der Waals surface area contributed by atoms with Crippen LogP contribution in [0.5, 0.6) is 51.7 Å². The molecule has 3 heterocycles. The summed E-state index contributed by atoms with van der Waals surface area (Å²) in [6.45, 7) is 5.14. The van der Waals surface area contributed by atoms with Crippen molar-refractivity contribution in [3.8, 4) is 85.7 Å². The molecule has 0 unspecified atom stereocenters. The summed E-state index contributed by atoms with van der Waals surface area (Å²) in [5.74, 6) is -1.42. The van der Waals surface area contributed by atoms with Crippen LogP contribution in [0.4, 0.5) is 0 Å². The zero-order valence-electron chi connectivity index (χ0n) is 33.4. The van der Waals surface area contributed by atoms with Gasteiger partial charge >= 0.3 is 0 Å². The molecule has 0 spiro atoms. The first-order valence-electron chi connectivity index (χ1n) is 18.8. The summed E-state index contributed by atoms with van der Waals surface area (Å²) in [5, 5.41) is 86.9. The summed E-state index contributed by atoms with van der Waals surface area (Å²) in [6, 6.07) is 25.7. The number of phenols is 8. The van der Waals surface area contributed by atoms with Gasteiger partial charge in [0.2, 0.25) is 11.2 Å². The lowest BCUT2D eigenvalue weighted by Crippen LogP contribution is -2.04. The highest BCUT2D eigenvalue weighted by Gasteiger charge is 2.19. The third kappa shape index (κ3) is 8.94. The Bertz CT molecular complexity index is 3430. The van der Waals surface area contributed by atoms with Gasteiger partial charge in [0, 0.05) is 41.0 Å². The number of fused-ring (bicyclic) bond motifs is 3. The average molecular weight is 869 g/mol. The van der Waals surface area contributed by atoms with Crippen LogP contribution in [0.3, 0.4) is 0 Å². The van der Waals surface area contributed by atoms with Crippen molar-refractivity contribution in [1.82, 2.24) is 0 Å². The number of rotatable bonds is 3. The molecule has 0 aliphatic carbocycles. The number of hydrogen-bond donors (Lipinski definition) is 9. The number of aryl methyl sites for hydroxylation is 3. The molecule has 64 heavy (non-hydrogen) atoms. The molecule has 15 nitrogen and oxygen atoms in total. The zero-order chi connectivity index (χ0) is 45.4. The Balaban J connectivity index is 0.000000158. The summed E-state index contributed by atoms with van der Waals surface area (Å²) in [7, 11) is 0. The minimum Gasteiger partial charge on any atom is -0.508 e. The zero-order valence-corrected chi connectivity index (χ0v) is 33.4. The van der Waals surface area contributed by atoms with Crippen molar-refractivity contribution in [3.63, 3.8) is 0 Å². The van der Waals surface area contributed by atoms with Crippen LogP contribution in [0.15, 0.2) is 137 Å². The summed E-state index contributed by atoms with van der Waals surface area (Å²) < 4.78 is 16.8. The van der Waals surface area contributed by atoms with Crippen molar-refractivity contribution in [2.75, 3.05) is 0 Å². The lowest BCUT2D eigenvalue weighted by atomic mass is 10.1. The van der Waals surface area contributed by atoms with Gasteiger partial charge in [-0.05, 0) is 122 Å². The molecule has 0 atom stereocenters. The third-order valence-electron chi connectivity index (χ3n) is 9.77. The van der Waals surface area contributed by atoms with E-state index in [-0.39, 0.29) is 97.6 Å². The molecule has 0 radical (unpaired) electrons. The molecule has 15 heteroatoms. The second-order valence-corrected chi connectivity index (χ2v) is 14.4. The molecule has 9 aromatic rings. The number of benzene rings is 6. The highest BCUT2D eigenvalue weighted by atomic mass is 16.4. The van der Waals surface area contributed by atoms with Crippen LogP contribution in [0, 0.1) is 20.8 Å². The van der Waals surface area contributed by atoms with Crippen molar-refractivity contribution in [2.24, 2.45) is 0 Å². The molecule has 0 fully saturated rings. The predicted molar refractivity (Wildman–Crippen MR) is 240 cm³/mol. The fraction of sp³-hybridized carbons (Fsp3) is 0.0816.